The predicted molar refractivity (Wildman–Crippen MR) is 118 cm³/mol. The van der Waals surface area contributed by atoms with Gasteiger partial charge in [0.2, 0.25) is 16.4 Å². The minimum Gasteiger partial charge on any atom is -0.451 e. The highest BCUT2D eigenvalue weighted by Gasteiger charge is 2.30. The van der Waals surface area contributed by atoms with Crippen molar-refractivity contribution in [2.45, 2.75) is 11.3 Å². The molecule has 0 aromatic heterocycles. The first-order valence-corrected chi connectivity index (χ1v) is 11.7. The smallest absolute Gasteiger partial charge is 0.258 e. The molecule has 11 nitrogen and oxygen atoms in total. The molecule has 1 atom stereocenters. The Morgan fingerprint density at radius 3 is 2.31 bits per heavy atom. The zero-order valence-corrected chi connectivity index (χ0v) is 19.9. The summed E-state index contributed by atoms with van der Waals surface area (Å²) in [4.78, 5) is 12.2. The van der Waals surface area contributed by atoms with Crippen molar-refractivity contribution in [1.29, 1.82) is 0 Å². The predicted octanol–water partition coefficient (Wildman–Crippen LogP) is 1.12. The second-order valence-electron chi connectivity index (χ2n) is 7.18. The van der Waals surface area contributed by atoms with Crippen molar-refractivity contribution in [2.24, 2.45) is 0 Å². The largest absolute Gasteiger partial charge is 0.451 e. The lowest BCUT2D eigenvalue weighted by Gasteiger charge is -2.27. The van der Waals surface area contributed by atoms with Crippen LogP contribution in [0.3, 0.4) is 0 Å². The Morgan fingerprint density at radius 2 is 1.74 bits per heavy atom. The third kappa shape index (κ3) is 8.17. The van der Waals surface area contributed by atoms with E-state index in [1.807, 2.05) is 0 Å². The molecule has 0 aliphatic carbocycles. The summed E-state index contributed by atoms with van der Waals surface area (Å²) in [5.74, 6) is -4.31. The molecule has 0 bridgehead atoms. The normalized spacial score (nSPS) is 12.7. The molecule has 0 aliphatic heterocycles. The van der Waals surface area contributed by atoms with Crippen molar-refractivity contribution in [3.63, 3.8) is 0 Å². The number of hydrogen-bond acceptors (Lipinski definition) is 9. The second-order valence-corrected chi connectivity index (χ2v) is 9.11. The molecule has 0 aliphatic rings. The highest BCUT2D eigenvalue weighted by molar-refractivity contribution is 7.89. The first-order valence-electron chi connectivity index (χ1n) is 10.2. The van der Waals surface area contributed by atoms with Gasteiger partial charge in [-0.2, -0.15) is 4.31 Å². The number of halogens is 2. The average Bonchev–Trinajstić information content (AvgIpc) is 2.83. The lowest BCUT2D eigenvalue weighted by atomic mass is 10.3. The van der Waals surface area contributed by atoms with Crippen molar-refractivity contribution in [1.82, 2.24) is 14.7 Å². The number of sulfonamides is 1. The van der Waals surface area contributed by atoms with Crippen LogP contribution in [0.4, 0.5) is 8.78 Å². The van der Waals surface area contributed by atoms with Gasteiger partial charge in [0.25, 0.3) is 5.91 Å². The number of hydroxylamine groups is 1. The van der Waals surface area contributed by atoms with Gasteiger partial charge in [-0.25, -0.2) is 22.7 Å². The monoisotopic (exact) mass is 519 g/mol. The summed E-state index contributed by atoms with van der Waals surface area (Å²) >= 11 is 0. The molecule has 14 heteroatoms. The number of methoxy groups -OCH3 is 1. The van der Waals surface area contributed by atoms with Crippen LogP contribution in [0.5, 0.6) is 11.5 Å². The molecule has 0 radical (unpaired) electrons. The van der Waals surface area contributed by atoms with Gasteiger partial charge in [-0.1, -0.05) is 18.2 Å². The number of nitrogens with zero attached hydrogens (tertiary/aromatic N) is 2. The number of nitrogens with one attached hydrogen (secondary N) is 1. The highest BCUT2D eigenvalue weighted by atomic mass is 32.2. The average molecular weight is 520 g/mol. The molecule has 3 N–H and O–H groups in total. The van der Waals surface area contributed by atoms with Gasteiger partial charge in [0, 0.05) is 20.2 Å². The van der Waals surface area contributed by atoms with Gasteiger partial charge < -0.3 is 19.3 Å². The van der Waals surface area contributed by atoms with Gasteiger partial charge in [-0.05, 0) is 31.3 Å². The fourth-order valence-electron chi connectivity index (χ4n) is 2.76. The molecule has 2 aromatic rings. The molecule has 2 aromatic carbocycles. The van der Waals surface area contributed by atoms with Gasteiger partial charge in [0.15, 0.2) is 17.4 Å². The standard InChI is InChI=1S/C21H27F2N3O8S/c1-25(21(28)33-11-10-32-2)8-9-26(14-19(27)24-29)35(30,31)16-12-17(22)20(18(23)13-16)34-15-6-4-3-5-7-15/h3-7,12-13,21,28-29H,8-11,14H2,1-2H3,(H,24,27). The quantitative estimate of drug-likeness (QED) is 0.145. The lowest BCUT2D eigenvalue weighted by molar-refractivity contribution is -0.190. The van der Waals surface area contributed by atoms with Gasteiger partial charge in [0.05, 0.1) is 24.7 Å². The Bertz CT molecular complexity index is 1050. The van der Waals surface area contributed by atoms with E-state index in [2.05, 4.69) is 0 Å². The SMILES string of the molecule is COCCOC(O)N(C)CCN(CC(=O)NO)S(=O)(=O)c1cc(F)c(Oc2ccccc2)c(F)c1. The van der Waals surface area contributed by atoms with Gasteiger partial charge in [0.1, 0.15) is 5.75 Å². The zero-order chi connectivity index (χ0) is 26.0. The minimum atomic E-state index is -4.63. The summed E-state index contributed by atoms with van der Waals surface area (Å²) < 4.78 is 71.2. The summed E-state index contributed by atoms with van der Waals surface area (Å²) in [6, 6.07) is 8.90. The molecular formula is C21H27F2N3O8S. The molecule has 0 saturated carbocycles. The first kappa shape index (κ1) is 28.5. The minimum absolute atomic E-state index is 0.0624. The fourth-order valence-corrected chi connectivity index (χ4v) is 4.17. The van der Waals surface area contributed by atoms with E-state index in [-0.39, 0.29) is 25.5 Å². The number of carbonyl (C=O) groups is 1. The Kier molecular flexibility index (Phi) is 10.9. The number of ether oxygens (including phenoxy) is 3. The van der Waals surface area contributed by atoms with E-state index in [1.165, 1.54) is 36.7 Å². The van der Waals surface area contributed by atoms with E-state index >= 15 is 0 Å². The lowest BCUT2D eigenvalue weighted by Crippen LogP contribution is -2.45. The number of likely N-dealkylation sites (N-methyl/N-ethyl adjacent to an activating group) is 1. The van der Waals surface area contributed by atoms with Crippen molar-refractivity contribution in [3.05, 3.63) is 54.1 Å². The number of rotatable bonds is 14. The van der Waals surface area contributed by atoms with Crippen molar-refractivity contribution in [2.75, 3.05) is 47.0 Å². The number of para-hydroxylation sites is 1. The van der Waals surface area contributed by atoms with Crippen LogP contribution in [0.2, 0.25) is 0 Å². The van der Waals surface area contributed by atoms with Crippen LogP contribution in [0, 0.1) is 11.6 Å². The molecular weight excluding hydrogens is 492 g/mol. The van der Waals surface area contributed by atoms with Crippen LogP contribution >= 0.6 is 0 Å². The maximum atomic E-state index is 14.7. The van der Waals surface area contributed by atoms with Crippen LogP contribution in [0.1, 0.15) is 0 Å². The number of benzene rings is 2. The Balaban J connectivity index is 2.25. The van der Waals surface area contributed by atoms with E-state index in [0.29, 0.717) is 16.4 Å². The number of carbonyl (C=O) groups excluding carboxylic acids is 1. The van der Waals surface area contributed by atoms with E-state index in [0.717, 1.165) is 0 Å². The maximum absolute atomic E-state index is 14.7. The molecule has 0 spiro atoms. The van der Waals surface area contributed by atoms with Crippen LogP contribution in [-0.2, 0) is 24.3 Å². The number of aliphatic hydroxyl groups is 1. The van der Waals surface area contributed by atoms with Gasteiger partial charge >= 0.3 is 0 Å². The molecule has 0 fully saturated rings. The zero-order valence-electron chi connectivity index (χ0n) is 19.1. The van der Waals surface area contributed by atoms with Crippen LogP contribution < -0.4 is 10.2 Å². The van der Waals surface area contributed by atoms with Crippen molar-refractivity contribution < 1.29 is 46.5 Å². The molecule has 194 valence electrons. The van der Waals surface area contributed by atoms with E-state index in [9.17, 15) is 27.1 Å². The third-order valence-electron chi connectivity index (χ3n) is 4.65. The summed E-state index contributed by atoms with van der Waals surface area (Å²) in [6.07, 6.45) is -1.41. The molecule has 0 heterocycles. The highest BCUT2D eigenvalue weighted by Crippen LogP contribution is 2.30. The molecule has 2 rings (SSSR count). The maximum Gasteiger partial charge on any atom is 0.258 e. The number of amides is 1. The van der Waals surface area contributed by atoms with Crippen molar-refractivity contribution >= 4 is 15.9 Å². The van der Waals surface area contributed by atoms with Gasteiger partial charge in [-0.3, -0.25) is 14.9 Å². The fraction of sp³-hybridized carbons (Fsp3) is 0.381. The van der Waals surface area contributed by atoms with E-state index in [4.69, 9.17) is 19.4 Å². The van der Waals surface area contributed by atoms with Gasteiger partial charge in [-0.15, -0.1) is 0 Å². The van der Waals surface area contributed by atoms with E-state index in [1.54, 1.807) is 18.2 Å². The molecule has 35 heavy (non-hydrogen) atoms. The Labute approximate surface area is 201 Å². The topological polar surface area (TPSA) is 138 Å². The summed E-state index contributed by atoms with van der Waals surface area (Å²) in [5.41, 5.74) is 1.31. The van der Waals surface area contributed by atoms with Crippen LogP contribution in [0.25, 0.3) is 0 Å². The molecule has 0 saturated heterocycles. The summed E-state index contributed by atoms with van der Waals surface area (Å²) in [7, 11) is -1.76. The third-order valence-corrected chi connectivity index (χ3v) is 6.47. The molecule has 1 amide bonds. The summed E-state index contributed by atoms with van der Waals surface area (Å²) in [6.45, 7) is -1.14. The van der Waals surface area contributed by atoms with E-state index < -0.39 is 57.7 Å². The Morgan fingerprint density at radius 1 is 1.11 bits per heavy atom. The first-order chi connectivity index (χ1) is 16.6. The second kappa shape index (κ2) is 13.4. The Hall–Kier alpha value is -2.72. The summed E-state index contributed by atoms with van der Waals surface area (Å²) in [5, 5.41) is 18.8. The number of aliphatic hydroxyl groups excluding tert-OH is 1. The van der Waals surface area contributed by atoms with Crippen LogP contribution in [0.15, 0.2) is 47.4 Å². The van der Waals surface area contributed by atoms with Crippen LogP contribution in [-0.4, -0.2) is 87.3 Å². The molecule has 1 unspecified atom stereocenters. The van der Waals surface area contributed by atoms with Crippen molar-refractivity contribution in [3.8, 4) is 11.5 Å². The number of hydrogen-bond donors (Lipinski definition) is 3.